The van der Waals surface area contributed by atoms with Crippen molar-refractivity contribution < 1.29 is 14.3 Å². The van der Waals surface area contributed by atoms with Gasteiger partial charge in [-0.1, -0.05) is 6.42 Å². The average molecular weight is 282 g/mol. The molecule has 20 heavy (non-hydrogen) atoms. The van der Waals surface area contributed by atoms with Crippen LogP contribution in [0.5, 0.6) is 0 Å². The van der Waals surface area contributed by atoms with Crippen LogP contribution >= 0.6 is 0 Å². The molecular formula is C15H26N2O3. The summed E-state index contributed by atoms with van der Waals surface area (Å²) in [7, 11) is 0. The predicted molar refractivity (Wildman–Crippen MR) is 75.6 cm³/mol. The highest BCUT2D eigenvalue weighted by Gasteiger charge is 2.55. The van der Waals surface area contributed by atoms with E-state index in [4.69, 9.17) is 9.47 Å². The molecule has 114 valence electrons. The Kier molecular flexibility index (Phi) is 3.67. The van der Waals surface area contributed by atoms with Crippen molar-refractivity contribution in [2.75, 3.05) is 6.61 Å². The Bertz CT molecular complexity index is 376. The Hall–Kier alpha value is -0.810. The van der Waals surface area contributed by atoms with Gasteiger partial charge in [-0.15, -0.1) is 0 Å². The summed E-state index contributed by atoms with van der Waals surface area (Å²) in [5, 5.41) is 6.69. The Labute approximate surface area is 120 Å². The van der Waals surface area contributed by atoms with Gasteiger partial charge in [0.2, 0.25) is 0 Å². The van der Waals surface area contributed by atoms with Gasteiger partial charge in [0.25, 0.3) is 0 Å². The second kappa shape index (κ2) is 5.19. The van der Waals surface area contributed by atoms with Crippen molar-refractivity contribution in [1.82, 2.24) is 10.6 Å². The fourth-order valence-corrected chi connectivity index (χ4v) is 3.39. The van der Waals surface area contributed by atoms with Crippen LogP contribution in [-0.2, 0) is 9.47 Å². The lowest BCUT2D eigenvalue weighted by Gasteiger charge is -2.50. The van der Waals surface area contributed by atoms with Crippen molar-refractivity contribution in [3.05, 3.63) is 0 Å². The molecule has 0 bridgehead atoms. The summed E-state index contributed by atoms with van der Waals surface area (Å²) >= 11 is 0. The van der Waals surface area contributed by atoms with E-state index in [1.54, 1.807) is 0 Å². The van der Waals surface area contributed by atoms with Crippen LogP contribution in [-0.4, -0.2) is 42.5 Å². The third-order valence-electron chi connectivity index (χ3n) is 4.60. The molecule has 2 N–H and O–H groups in total. The van der Waals surface area contributed by atoms with Gasteiger partial charge in [-0.25, -0.2) is 4.79 Å². The summed E-state index contributed by atoms with van der Waals surface area (Å²) < 4.78 is 11.2. The second-order valence-electron chi connectivity index (χ2n) is 7.28. The average Bonchev–Trinajstić information content (AvgIpc) is 2.66. The largest absolute Gasteiger partial charge is 0.444 e. The smallest absolute Gasteiger partial charge is 0.407 e. The number of amides is 1. The van der Waals surface area contributed by atoms with Crippen LogP contribution in [0, 0.1) is 5.92 Å². The number of hydrogen-bond acceptors (Lipinski definition) is 4. The molecule has 3 fully saturated rings. The second-order valence-corrected chi connectivity index (χ2v) is 7.28. The van der Waals surface area contributed by atoms with E-state index in [0.29, 0.717) is 12.0 Å². The zero-order valence-corrected chi connectivity index (χ0v) is 12.6. The molecule has 1 aliphatic heterocycles. The van der Waals surface area contributed by atoms with Crippen LogP contribution in [0.4, 0.5) is 4.79 Å². The molecule has 2 aliphatic carbocycles. The molecule has 0 radical (unpaired) electrons. The van der Waals surface area contributed by atoms with Gasteiger partial charge >= 0.3 is 6.09 Å². The third kappa shape index (κ3) is 2.79. The molecule has 0 aromatic heterocycles. The molecule has 1 amide bonds. The normalized spacial score (nSPS) is 36.8. The SMILES string of the molecule is CC(C)(C)OC(=O)NC1C2CCOC2C1NC1CCC1. The molecule has 0 spiro atoms. The first kappa shape index (κ1) is 14.1. The minimum atomic E-state index is -0.448. The van der Waals surface area contributed by atoms with Crippen molar-refractivity contribution in [2.45, 2.75) is 76.3 Å². The van der Waals surface area contributed by atoms with Crippen LogP contribution in [0.2, 0.25) is 0 Å². The van der Waals surface area contributed by atoms with Gasteiger partial charge in [-0.2, -0.15) is 0 Å². The Balaban J connectivity index is 1.56. The van der Waals surface area contributed by atoms with Crippen molar-refractivity contribution in [3.63, 3.8) is 0 Å². The van der Waals surface area contributed by atoms with E-state index in [1.165, 1.54) is 19.3 Å². The number of ether oxygens (including phenoxy) is 2. The van der Waals surface area contributed by atoms with E-state index in [9.17, 15) is 4.79 Å². The molecule has 3 rings (SSSR count). The number of rotatable bonds is 3. The number of carbonyl (C=O) groups is 1. The molecule has 0 aromatic carbocycles. The third-order valence-corrected chi connectivity index (χ3v) is 4.60. The molecule has 0 aromatic rings. The Morgan fingerprint density at radius 3 is 2.55 bits per heavy atom. The van der Waals surface area contributed by atoms with E-state index in [2.05, 4.69) is 10.6 Å². The quantitative estimate of drug-likeness (QED) is 0.829. The maximum Gasteiger partial charge on any atom is 0.407 e. The molecule has 3 aliphatic rings. The maximum atomic E-state index is 12.0. The first-order valence-electron chi connectivity index (χ1n) is 7.81. The van der Waals surface area contributed by atoms with E-state index in [1.807, 2.05) is 20.8 Å². The van der Waals surface area contributed by atoms with Gasteiger partial charge < -0.3 is 20.1 Å². The van der Waals surface area contributed by atoms with E-state index < -0.39 is 5.60 Å². The molecule has 1 heterocycles. The first-order chi connectivity index (χ1) is 9.44. The van der Waals surface area contributed by atoms with Crippen LogP contribution in [0.1, 0.15) is 46.5 Å². The summed E-state index contributed by atoms with van der Waals surface area (Å²) in [6.45, 7) is 6.47. The summed E-state index contributed by atoms with van der Waals surface area (Å²) in [5.74, 6) is 0.445. The molecule has 2 saturated carbocycles. The van der Waals surface area contributed by atoms with Gasteiger partial charge in [-0.05, 0) is 40.0 Å². The van der Waals surface area contributed by atoms with Gasteiger partial charge in [0.1, 0.15) is 5.60 Å². The lowest BCUT2D eigenvalue weighted by Crippen LogP contribution is -2.72. The monoisotopic (exact) mass is 282 g/mol. The topological polar surface area (TPSA) is 59.6 Å². The minimum absolute atomic E-state index is 0.151. The Morgan fingerprint density at radius 2 is 1.95 bits per heavy atom. The zero-order chi connectivity index (χ0) is 14.3. The minimum Gasteiger partial charge on any atom is -0.444 e. The fraction of sp³-hybridized carbons (Fsp3) is 0.933. The first-order valence-corrected chi connectivity index (χ1v) is 7.81. The van der Waals surface area contributed by atoms with Crippen molar-refractivity contribution in [1.29, 1.82) is 0 Å². The lowest BCUT2D eigenvalue weighted by molar-refractivity contribution is -0.0409. The number of carbonyl (C=O) groups excluding carboxylic acids is 1. The van der Waals surface area contributed by atoms with Crippen LogP contribution < -0.4 is 10.6 Å². The highest BCUT2D eigenvalue weighted by molar-refractivity contribution is 5.68. The van der Waals surface area contributed by atoms with E-state index in [0.717, 1.165) is 13.0 Å². The van der Waals surface area contributed by atoms with Crippen LogP contribution in [0.3, 0.4) is 0 Å². The van der Waals surface area contributed by atoms with Gasteiger partial charge in [0.15, 0.2) is 0 Å². The van der Waals surface area contributed by atoms with Gasteiger partial charge in [0, 0.05) is 18.6 Å². The van der Waals surface area contributed by atoms with Crippen molar-refractivity contribution in [2.24, 2.45) is 5.92 Å². The predicted octanol–water partition coefficient (Wildman–Crippen LogP) is 1.81. The fourth-order valence-electron chi connectivity index (χ4n) is 3.39. The van der Waals surface area contributed by atoms with Gasteiger partial charge in [-0.3, -0.25) is 0 Å². The zero-order valence-electron chi connectivity index (χ0n) is 12.6. The van der Waals surface area contributed by atoms with Crippen molar-refractivity contribution in [3.8, 4) is 0 Å². The summed E-state index contributed by atoms with van der Waals surface area (Å²) in [4.78, 5) is 12.0. The standard InChI is InChI=1S/C15H26N2O3/c1-15(2,3)20-14(18)17-11-10-7-8-19-13(10)12(11)16-9-5-4-6-9/h9-13,16H,4-8H2,1-3H3,(H,17,18). The number of nitrogens with one attached hydrogen (secondary N) is 2. The molecule has 5 heteroatoms. The summed E-state index contributed by atoms with van der Waals surface area (Å²) in [5.41, 5.74) is -0.448. The molecule has 4 atom stereocenters. The highest BCUT2D eigenvalue weighted by atomic mass is 16.6. The molecular weight excluding hydrogens is 256 g/mol. The van der Waals surface area contributed by atoms with Crippen LogP contribution in [0.15, 0.2) is 0 Å². The maximum absolute atomic E-state index is 12.0. The lowest BCUT2D eigenvalue weighted by atomic mass is 9.70. The molecule has 4 unspecified atom stereocenters. The molecule has 5 nitrogen and oxygen atoms in total. The summed E-state index contributed by atoms with van der Waals surface area (Å²) in [6.07, 6.45) is 4.79. The van der Waals surface area contributed by atoms with Crippen molar-refractivity contribution >= 4 is 6.09 Å². The van der Waals surface area contributed by atoms with Crippen LogP contribution in [0.25, 0.3) is 0 Å². The van der Waals surface area contributed by atoms with Gasteiger partial charge in [0.05, 0.1) is 18.2 Å². The Morgan fingerprint density at radius 1 is 1.20 bits per heavy atom. The summed E-state index contributed by atoms with van der Waals surface area (Å²) in [6, 6.07) is 1.01. The van der Waals surface area contributed by atoms with E-state index in [-0.39, 0.29) is 24.3 Å². The highest BCUT2D eigenvalue weighted by Crippen LogP contribution is 2.40. The number of fused-ring (bicyclic) bond motifs is 1. The number of hydrogen-bond donors (Lipinski definition) is 2. The number of alkyl carbamates (subject to hydrolysis) is 1. The van der Waals surface area contributed by atoms with E-state index >= 15 is 0 Å². The molecule has 1 saturated heterocycles.